The van der Waals surface area contributed by atoms with E-state index in [2.05, 4.69) is 5.43 Å². The summed E-state index contributed by atoms with van der Waals surface area (Å²) in [5, 5.41) is 0.0524. The summed E-state index contributed by atoms with van der Waals surface area (Å²) in [5.74, 6) is 3.17. The van der Waals surface area contributed by atoms with E-state index in [9.17, 15) is 13.2 Å². The summed E-state index contributed by atoms with van der Waals surface area (Å²) < 4.78 is 39.4. The molecule has 2 nitrogen and oxygen atoms in total. The van der Waals surface area contributed by atoms with Gasteiger partial charge in [-0.05, 0) is 48.2 Å². The Morgan fingerprint density at radius 2 is 1.48 bits per heavy atom. The van der Waals surface area contributed by atoms with Crippen molar-refractivity contribution < 1.29 is 13.2 Å². The molecule has 0 aliphatic carbocycles. The minimum absolute atomic E-state index is 0.0524. The molecule has 6 heteroatoms. The lowest BCUT2D eigenvalue weighted by molar-refractivity contribution is 0.497. The SMILES string of the molecule is NNC(Cc1ccc(F)c(F)c1)Cc1ccc(Cl)c(F)c1. The fourth-order valence-electron chi connectivity index (χ4n) is 2.09. The second kappa shape index (κ2) is 6.93. The van der Waals surface area contributed by atoms with Gasteiger partial charge >= 0.3 is 0 Å². The molecule has 0 amide bonds. The smallest absolute Gasteiger partial charge is 0.159 e. The van der Waals surface area contributed by atoms with Crippen molar-refractivity contribution >= 4 is 11.6 Å². The maximum absolute atomic E-state index is 13.4. The lowest BCUT2D eigenvalue weighted by Crippen LogP contribution is -2.38. The first-order valence-corrected chi connectivity index (χ1v) is 6.71. The van der Waals surface area contributed by atoms with Crippen molar-refractivity contribution in [3.05, 3.63) is 70.0 Å². The van der Waals surface area contributed by atoms with Crippen LogP contribution in [0.3, 0.4) is 0 Å². The van der Waals surface area contributed by atoms with Crippen molar-refractivity contribution in [1.29, 1.82) is 0 Å². The normalized spacial score (nSPS) is 12.4. The van der Waals surface area contributed by atoms with E-state index in [1.165, 1.54) is 18.2 Å². The summed E-state index contributed by atoms with van der Waals surface area (Å²) >= 11 is 5.62. The first-order valence-electron chi connectivity index (χ1n) is 6.33. The lowest BCUT2D eigenvalue weighted by Gasteiger charge is -2.16. The van der Waals surface area contributed by atoms with E-state index in [4.69, 9.17) is 17.4 Å². The van der Waals surface area contributed by atoms with Gasteiger partial charge in [0.05, 0.1) is 5.02 Å². The van der Waals surface area contributed by atoms with Gasteiger partial charge in [0.2, 0.25) is 0 Å². The minimum Gasteiger partial charge on any atom is -0.271 e. The summed E-state index contributed by atoms with van der Waals surface area (Å²) in [5.41, 5.74) is 3.91. The molecule has 0 bridgehead atoms. The van der Waals surface area contributed by atoms with Gasteiger partial charge in [0.15, 0.2) is 11.6 Å². The van der Waals surface area contributed by atoms with Crippen LogP contribution in [0.2, 0.25) is 5.02 Å². The minimum atomic E-state index is -0.902. The first-order chi connectivity index (χ1) is 9.99. The Hall–Kier alpha value is -1.56. The van der Waals surface area contributed by atoms with Gasteiger partial charge in [0, 0.05) is 6.04 Å². The lowest BCUT2D eigenvalue weighted by atomic mass is 9.99. The molecule has 2 rings (SSSR count). The van der Waals surface area contributed by atoms with Gasteiger partial charge in [-0.2, -0.15) is 0 Å². The van der Waals surface area contributed by atoms with Crippen LogP contribution in [0, 0.1) is 17.5 Å². The van der Waals surface area contributed by atoms with Crippen molar-refractivity contribution in [1.82, 2.24) is 5.43 Å². The summed E-state index contributed by atoms with van der Waals surface area (Å²) in [7, 11) is 0. The summed E-state index contributed by atoms with van der Waals surface area (Å²) in [6, 6.07) is 7.94. The third kappa shape index (κ3) is 4.20. The number of halogens is 4. The summed E-state index contributed by atoms with van der Waals surface area (Å²) in [6.07, 6.45) is 0.821. The third-order valence-electron chi connectivity index (χ3n) is 3.17. The molecule has 21 heavy (non-hydrogen) atoms. The third-order valence-corrected chi connectivity index (χ3v) is 3.47. The molecule has 0 aromatic heterocycles. The number of hydrogen-bond acceptors (Lipinski definition) is 2. The quantitative estimate of drug-likeness (QED) is 0.656. The molecule has 0 heterocycles. The molecule has 2 aromatic carbocycles. The van der Waals surface area contributed by atoms with Gasteiger partial charge in [-0.1, -0.05) is 23.7 Å². The van der Waals surface area contributed by atoms with Crippen LogP contribution < -0.4 is 11.3 Å². The highest BCUT2D eigenvalue weighted by molar-refractivity contribution is 6.30. The van der Waals surface area contributed by atoms with E-state index in [0.717, 1.165) is 12.1 Å². The molecule has 0 fully saturated rings. The Balaban J connectivity index is 2.08. The number of hydrogen-bond donors (Lipinski definition) is 2. The number of nitrogens with one attached hydrogen (secondary N) is 1. The zero-order valence-electron chi connectivity index (χ0n) is 11.0. The molecule has 0 radical (unpaired) electrons. The van der Waals surface area contributed by atoms with Crippen molar-refractivity contribution in [2.75, 3.05) is 0 Å². The van der Waals surface area contributed by atoms with E-state index in [1.807, 2.05) is 0 Å². The average molecular weight is 315 g/mol. The predicted molar refractivity (Wildman–Crippen MR) is 76.3 cm³/mol. The van der Waals surface area contributed by atoms with Crippen molar-refractivity contribution in [2.24, 2.45) is 5.84 Å². The van der Waals surface area contributed by atoms with Crippen LogP contribution in [0.15, 0.2) is 36.4 Å². The Morgan fingerprint density at radius 1 is 0.905 bits per heavy atom. The Morgan fingerprint density at radius 3 is 2.00 bits per heavy atom. The molecule has 0 aliphatic heterocycles. The molecule has 1 unspecified atom stereocenters. The van der Waals surface area contributed by atoms with Crippen LogP contribution in [0.4, 0.5) is 13.2 Å². The van der Waals surface area contributed by atoms with Gasteiger partial charge in [0.1, 0.15) is 5.82 Å². The van der Waals surface area contributed by atoms with E-state index in [0.29, 0.717) is 24.0 Å². The maximum atomic E-state index is 13.4. The van der Waals surface area contributed by atoms with Crippen LogP contribution in [0.1, 0.15) is 11.1 Å². The van der Waals surface area contributed by atoms with E-state index in [1.54, 1.807) is 6.07 Å². The van der Waals surface area contributed by atoms with Gasteiger partial charge in [-0.25, -0.2) is 13.2 Å². The molecular weight excluding hydrogens is 301 g/mol. The van der Waals surface area contributed by atoms with Crippen molar-refractivity contribution in [3.8, 4) is 0 Å². The molecule has 0 spiro atoms. The fourth-order valence-corrected chi connectivity index (χ4v) is 2.21. The Kier molecular flexibility index (Phi) is 5.22. The fraction of sp³-hybridized carbons (Fsp3) is 0.200. The highest BCUT2D eigenvalue weighted by Crippen LogP contribution is 2.18. The topological polar surface area (TPSA) is 38.0 Å². The highest BCUT2D eigenvalue weighted by Gasteiger charge is 2.12. The average Bonchev–Trinajstić information content (AvgIpc) is 2.46. The molecule has 0 saturated carbocycles. The molecule has 3 N–H and O–H groups in total. The van der Waals surface area contributed by atoms with Crippen LogP contribution in [-0.2, 0) is 12.8 Å². The standard InChI is InChI=1S/C15H14ClF3N2/c16-12-3-1-9(7-14(12)18)5-11(21-20)6-10-2-4-13(17)15(19)8-10/h1-4,7-8,11,21H,5-6,20H2. The van der Waals surface area contributed by atoms with Gasteiger partial charge in [0.25, 0.3) is 0 Å². The molecule has 0 aliphatic rings. The first kappa shape index (κ1) is 15.8. The van der Waals surface area contributed by atoms with Crippen molar-refractivity contribution in [2.45, 2.75) is 18.9 Å². The number of hydrazine groups is 1. The molecular formula is C15H14ClF3N2. The zero-order valence-corrected chi connectivity index (χ0v) is 11.8. The predicted octanol–water partition coefficient (Wildman–Crippen LogP) is 3.37. The van der Waals surface area contributed by atoms with Gasteiger partial charge in [-0.15, -0.1) is 0 Å². The maximum Gasteiger partial charge on any atom is 0.159 e. The monoisotopic (exact) mass is 314 g/mol. The van der Waals surface area contributed by atoms with Crippen LogP contribution in [0.5, 0.6) is 0 Å². The Bertz CT molecular complexity index is 581. The van der Waals surface area contributed by atoms with Gasteiger partial charge < -0.3 is 0 Å². The van der Waals surface area contributed by atoms with Crippen LogP contribution >= 0.6 is 11.6 Å². The molecule has 2 aromatic rings. The van der Waals surface area contributed by atoms with E-state index < -0.39 is 17.5 Å². The van der Waals surface area contributed by atoms with E-state index >= 15 is 0 Å². The summed E-state index contributed by atoms with van der Waals surface area (Å²) in [4.78, 5) is 0. The number of nitrogens with two attached hydrogens (primary N) is 1. The molecule has 1 atom stereocenters. The second-order valence-corrected chi connectivity index (χ2v) is 5.18. The van der Waals surface area contributed by atoms with Crippen LogP contribution in [0.25, 0.3) is 0 Å². The zero-order chi connectivity index (χ0) is 15.4. The second-order valence-electron chi connectivity index (χ2n) is 4.77. The Labute approximate surface area is 125 Å². The van der Waals surface area contributed by atoms with Crippen LogP contribution in [-0.4, -0.2) is 6.04 Å². The number of benzene rings is 2. The molecule has 0 saturated heterocycles. The highest BCUT2D eigenvalue weighted by atomic mass is 35.5. The molecule has 112 valence electrons. The number of rotatable bonds is 5. The van der Waals surface area contributed by atoms with Gasteiger partial charge in [-0.3, -0.25) is 11.3 Å². The summed E-state index contributed by atoms with van der Waals surface area (Å²) in [6.45, 7) is 0. The largest absolute Gasteiger partial charge is 0.271 e. The van der Waals surface area contributed by atoms with Crippen molar-refractivity contribution in [3.63, 3.8) is 0 Å². The van der Waals surface area contributed by atoms with E-state index in [-0.39, 0.29) is 11.1 Å².